The second kappa shape index (κ2) is 4.89. The Kier molecular flexibility index (Phi) is 3.28. The van der Waals surface area contributed by atoms with Crippen molar-refractivity contribution in [3.8, 4) is 11.6 Å². The molecule has 2 rings (SSSR count). The third-order valence-electron chi connectivity index (χ3n) is 2.47. The number of ether oxygens (including phenoxy) is 1. The van der Waals surface area contributed by atoms with E-state index in [0.29, 0.717) is 5.56 Å². The standard InChI is InChI=1S/C12H12N4O3/c1-7-3-8(2)12(9(4-7)16(17)18)19-11-5-10(13)14-6-15-11/h3-6H,1-2H3,(H2,13,14,15). The van der Waals surface area contributed by atoms with Gasteiger partial charge in [-0.25, -0.2) is 9.97 Å². The summed E-state index contributed by atoms with van der Waals surface area (Å²) in [5.41, 5.74) is 6.85. The van der Waals surface area contributed by atoms with Gasteiger partial charge < -0.3 is 10.5 Å². The third-order valence-corrected chi connectivity index (χ3v) is 2.47. The predicted octanol–water partition coefficient (Wildman–Crippen LogP) is 2.38. The molecule has 19 heavy (non-hydrogen) atoms. The fourth-order valence-corrected chi connectivity index (χ4v) is 1.71. The van der Waals surface area contributed by atoms with Crippen LogP contribution in [0.2, 0.25) is 0 Å². The molecule has 98 valence electrons. The first-order valence-electron chi connectivity index (χ1n) is 5.48. The molecule has 0 bridgehead atoms. The van der Waals surface area contributed by atoms with E-state index < -0.39 is 4.92 Å². The lowest BCUT2D eigenvalue weighted by atomic mass is 10.1. The van der Waals surface area contributed by atoms with Crippen LogP contribution in [0.3, 0.4) is 0 Å². The Hall–Kier alpha value is -2.70. The predicted molar refractivity (Wildman–Crippen MR) is 69.1 cm³/mol. The molecule has 0 unspecified atom stereocenters. The van der Waals surface area contributed by atoms with E-state index in [1.54, 1.807) is 19.9 Å². The molecule has 1 aromatic heterocycles. The van der Waals surface area contributed by atoms with Crippen LogP contribution in [-0.4, -0.2) is 14.9 Å². The number of anilines is 1. The zero-order valence-corrected chi connectivity index (χ0v) is 10.5. The third kappa shape index (κ3) is 2.76. The number of nitrogens with two attached hydrogens (primary N) is 1. The molecular weight excluding hydrogens is 248 g/mol. The minimum Gasteiger partial charge on any atom is -0.431 e. The summed E-state index contributed by atoms with van der Waals surface area (Å²) in [6.45, 7) is 3.52. The zero-order chi connectivity index (χ0) is 14.0. The first-order chi connectivity index (χ1) is 8.97. The lowest BCUT2D eigenvalue weighted by Gasteiger charge is -2.09. The van der Waals surface area contributed by atoms with E-state index in [1.807, 2.05) is 0 Å². The summed E-state index contributed by atoms with van der Waals surface area (Å²) in [6, 6.07) is 4.66. The smallest absolute Gasteiger partial charge is 0.312 e. The van der Waals surface area contributed by atoms with Crippen LogP contribution in [0.5, 0.6) is 11.6 Å². The number of nitro groups is 1. The molecule has 0 saturated heterocycles. The Morgan fingerprint density at radius 2 is 2.00 bits per heavy atom. The van der Waals surface area contributed by atoms with Gasteiger partial charge in [-0.15, -0.1) is 0 Å². The van der Waals surface area contributed by atoms with Crippen molar-refractivity contribution < 1.29 is 9.66 Å². The summed E-state index contributed by atoms with van der Waals surface area (Å²) in [5, 5.41) is 11.1. The summed E-state index contributed by atoms with van der Waals surface area (Å²) in [6.07, 6.45) is 1.24. The number of nitrogen functional groups attached to an aromatic ring is 1. The molecule has 7 heteroatoms. The summed E-state index contributed by atoms with van der Waals surface area (Å²) in [5.74, 6) is 0.564. The van der Waals surface area contributed by atoms with Crippen LogP contribution in [0.4, 0.5) is 11.5 Å². The number of hydrogen-bond donors (Lipinski definition) is 1. The number of aryl methyl sites for hydroxylation is 2. The molecule has 1 aromatic carbocycles. The van der Waals surface area contributed by atoms with E-state index in [-0.39, 0.29) is 23.1 Å². The Bertz CT molecular complexity index is 643. The maximum Gasteiger partial charge on any atom is 0.312 e. The minimum atomic E-state index is -0.486. The van der Waals surface area contributed by atoms with Crippen molar-refractivity contribution in [2.24, 2.45) is 0 Å². The van der Waals surface area contributed by atoms with Crippen LogP contribution in [0.25, 0.3) is 0 Å². The van der Waals surface area contributed by atoms with E-state index in [1.165, 1.54) is 18.5 Å². The SMILES string of the molecule is Cc1cc(C)c(Oc2cc(N)ncn2)c([N+](=O)[O-])c1. The highest BCUT2D eigenvalue weighted by Gasteiger charge is 2.19. The Morgan fingerprint density at radius 3 is 2.63 bits per heavy atom. The normalized spacial score (nSPS) is 10.2. The number of aromatic nitrogens is 2. The van der Waals surface area contributed by atoms with Crippen LogP contribution in [0.1, 0.15) is 11.1 Å². The highest BCUT2D eigenvalue weighted by atomic mass is 16.6. The zero-order valence-electron chi connectivity index (χ0n) is 10.5. The van der Waals surface area contributed by atoms with E-state index in [0.717, 1.165) is 5.56 Å². The first kappa shape index (κ1) is 12.7. The van der Waals surface area contributed by atoms with Crippen LogP contribution < -0.4 is 10.5 Å². The minimum absolute atomic E-state index is 0.102. The number of rotatable bonds is 3. The van der Waals surface area contributed by atoms with Crippen LogP contribution >= 0.6 is 0 Å². The largest absolute Gasteiger partial charge is 0.431 e. The van der Waals surface area contributed by atoms with E-state index >= 15 is 0 Å². The lowest BCUT2D eigenvalue weighted by Crippen LogP contribution is -1.99. The highest BCUT2D eigenvalue weighted by Crippen LogP contribution is 2.35. The quantitative estimate of drug-likeness (QED) is 0.671. The van der Waals surface area contributed by atoms with E-state index in [9.17, 15) is 10.1 Å². The molecule has 0 fully saturated rings. The molecule has 0 aliphatic heterocycles. The van der Waals surface area contributed by atoms with E-state index in [4.69, 9.17) is 10.5 Å². The monoisotopic (exact) mass is 260 g/mol. The van der Waals surface area contributed by atoms with Gasteiger partial charge in [0, 0.05) is 12.1 Å². The number of benzene rings is 1. The van der Waals surface area contributed by atoms with Gasteiger partial charge in [0.1, 0.15) is 12.1 Å². The number of nitrogens with zero attached hydrogens (tertiary/aromatic N) is 3. The van der Waals surface area contributed by atoms with Crippen molar-refractivity contribution in [1.82, 2.24) is 9.97 Å². The fraction of sp³-hybridized carbons (Fsp3) is 0.167. The summed E-state index contributed by atoms with van der Waals surface area (Å²) < 4.78 is 5.46. The maximum absolute atomic E-state index is 11.1. The molecule has 0 radical (unpaired) electrons. The Morgan fingerprint density at radius 1 is 1.26 bits per heavy atom. The number of hydrogen-bond acceptors (Lipinski definition) is 6. The van der Waals surface area contributed by atoms with Crippen molar-refractivity contribution in [3.63, 3.8) is 0 Å². The molecule has 0 atom stereocenters. The van der Waals surface area contributed by atoms with Crippen molar-refractivity contribution in [1.29, 1.82) is 0 Å². The summed E-state index contributed by atoms with van der Waals surface area (Å²) >= 11 is 0. The average molecular weight is 260 g/mol. The maximum atomic E-state index is 11.1. The second-order valence-electron chi connectivity index (χ2n) is 4.07. The molecule has 0 aliphatic rings. The second-order valence-corrected chi connectivity index (χ2v) is 4.07. The van der Waals surface area contributed by atoms with Crippen molar-refractivity contribution in [3.05, 3.63) is 45.8 Å². The summed E-state index contributed by atoms with van der Waals surface area (Å²) in [4.78, 5) is 18.2. The molecule has 0 aliphatic carbocycles. The Labute approximate surface area is 109 Å². The summed E-state index contributed by atoms with van der Waals surface area (Å²) in [7, 11) is 0. The van der Waals surface area contributed by atoms with Gasteiger partial charge in [-0.3, -0.25) is 10.1 Å². The van der Waals surface area contributed by atoms with Gasteiger partial charge in [-0.05, 0) is 25.0 Å². The van der Waals surface area contributed by atoms with Crippen LogP contribution in [-0.2, 0) is 0 Å². The molecule has 1 heterocycles. The van der Waals surface area contributed by atoms with Gasteiger partial charge in [-0.2, -0.15) is 0 Å². The van der Waals surface area contributed by atoms with Crippen LogP contribution in [0, 0.1) is 24.0 Å². The molecule has 2 N–H and O–H groups in total. The van der Waals surface area contributed by atoms with E-state index in [2.05, 4.69) is 9.97 Å². The van der Waals surface area contributed by atoms with Crippen molar-refractivity contribution in [2.45, 2.75) is 13.8 Å². The molecular formula is C12H12N4O3. The molecule has 0 saturated carbocycles. The van der Waals surface area contributed by atoms with Crippen molar-refractivity contribution >= 4 is 11.5 Å². The Balaban J connectivity index is 2.47. The lowest BCUT2D eigenvalue weighted by molar-refractivity contribution is -0.385. The van der Waals surface area contributed by atoms with Gasteiger partial charge in [-0.1, -0.05) is 6.07 Å². The molecule has 7 nitrogen and oxygen atoms in total. The first-order valence-corrected chi connectivity index (χ1v) is 5.48. The van der Waals surface area contributed by atoms with Gasteiger partial charge in [0.25, 0.3) is 0 Å². The van der Waals surface area contributed by atoms with Crippen LogP contribution in [0.15, 0.2) is 24.5 Å². The number of nitro benzene ring substituents is 1. The average Bonchev–Trinajstić information content (AvgIpc) is 2.32. The molecule has 2 aromatic rings. The topological polar surface area (TPSA) is 104 Å². The highest BCUT2D eigenvalue weighted by molar-refractivity contribution is 5.55. The van der Waals surface area contributed by atoms with Gasteiger partial charge in [0.15, 0.2) is 0 Å². The van der Waals surface area contributed by atoms with Gasteiger partial charge in [0.05, 0.1) is 4.92 Å². The van der Waals surface area contributed by atoms with Gasteiger partial charge >= 0.3 is 5.69 Å². The van der Waals surface area contributed by atoms with Gasteiger partial charge in [0.2, 0.25) is 11.6 Å². The molecule has 0 amide bonds. The fourth-order valence-electron chi connectivity index (χ4n) is 1.71. The van der Waals surface area contributed by atoms with Crippen molar-refractivity contribution in [2.75, 3.05) is 5.73 Å². The molecule has 0 spiro atoms.